The van der Waals surface area contributed by atoms with Crippen LogP contribution in [0.15, 0.2) is 52.2 Å². The van der Waals surface area contributed by atoms with E-state index in [-0.39, 0.29) is 23.1 Å². The summed E-state index contributed by atoms with van der Waals surface area (Å²) in [6.45, 7) is 2.52. The number of hydrogen-bond donors (Lipinski definition) is 0. The van der Waals surface area contributed by atoms with Crippen molar-refractivity contribution in [2.24, 2.45) is 7.05 Å². The largest absolute Gasteiger partial charge is 0.489 e. The van der Waals surface area contributed by atoms with Gasteiger partial charge in [0.2, 0.25) is 10.0 Å². The van der Waals surface area contributed by atoms with Gasteiger partial charge in [-0.3, -0.25) is 4.79 Å². The number of ether oxygens (including phenoxy) is 1. The van der Waals surface area contributed by atoms with E-state index in [1.54, 1.807) is 43.4 Å². The van der Waals surface area contributed by atoms with E-state index in [2.05, 4.69) is 0 Å². The maximum absolute atomic E-state index is 12.6. The summed E-state index contributed by atoms with van der Waals surface area (Å²) in [7, 11) is -1.80. The molecule has 1 atom stereocenters. The van der Waals surface area contributed by atoms with E-state index in [0.717, 1.165) is 5.69 Å². The summed E-state index contributed by atoms with van der Waals surface area (Å²) in [6, 6.07) is 11.6. The van der Waals surface area contributed by atoms with E-state index >= 15 is 0 Å². The van der Waals surface area contributed by atoms with Gasteiger partial charge in [-0.2, -0.15) is 4.31 Å². The topological polar surface area (TPSA) is 68.6 Å². The molecular formula is C17H20N2O4S. The van der Waals surface area contributed by atoms with Crippen molar-refractivity contribution in [3.05, 3.63) is 58.5 Å². The maximum atomic E-state index is 12.6. The zero-order valence-electron chi connectivity index (χ0n) is 13.7. The van der Waals surface area contributed by atoms with Crippen LogP contribution in [-0.4, -0.2) is 36.5 Å². The number of pyridine rings is 1. The Bertz CT molecular complexity index is 891. The summed E-state index contributed by atoms with van der Waals surface area (Å²) in [6.07, 6.45) is 0.343. The van der Waals surface area contributed by atoms with Crippen molar-refractivity contribution >= 4 is 10.0 Å². The van der Waals surface area contributed by atoms with Crippen LogP contribution in [0.3, 0.4) is 0 Å². The fraction of sp³-hybridized carbons (Fsp3) is 0.353. The third-order valence-corrected chi connectivity index (χ3v) is 6.15. The predicted octanol–water partition coefficient (Wildman–Crippen LogP) is 1.54. The minimum atomic E-state index is -3.50. The highest BCUT2D eigenvalue weighted by molar-refractivity contribution is 7.89. The summed E-state index contributed by atoms with van der Waals surface area (Å²) in [4.78, 5) is 12.1. The highest BCUT2D eigenvalue weighted by atomic mass is 32.2. The van der Waals surface area contributed by atoms with Crippen LogP contribution in [0, 0.1) is 6.92 Å². The third-order valence-electron chi connectivity index (χ3n) is 4.27. The van der Waals surface area contributed by atoms with E-state index in [1.807, 2.05) is 6.92 Å². The average molecular weight is 348 g/mol. The molecule has 1 aliphatic rings. The van der Waals surface area contributed by atoms with Crippen LogP contribution in [-0.2, 0) is 17.1 Å². The molecule has 0 aliphatic carbocycles. The van der Waals surface area contributed by atoms with Gasteiger partial charge in [0, 0.05) is 25.4 Å². The van der Waals surface area contributed by atoms with Gasteiger partial charge in [0.15, 0.2) is 0 Å². The highest BCUT2D eigenvalue weighted by Crippen LogP contribution is 2.23. The van der Waals surface area contributed by atoms with Gasteiger partial charge in [-0.05, 0) is 31.5 Å². The van der Waals surface area contributed by atoms with E-state index < -0.39 is 10.0 Å². The summed E-state index contributed by atoms with van der Waals surface area (Å²) >= 11 is 0. The van der Waals surface area contributed by atoms with Gasteiger partial charge in [0.05, 0.1) is 11.4 Å². The zero-order chi connectivity index (χ0) is 17.3. The molecular weight excluding hydrogens is 328 g/mol. The van der Waals surface area contributed by atoms with Crippen molar-refractivity contribution in [1.29, 1.82) is 0 Å². The highest BCUT2D eigenvalue weighted by Gasteiger charge is 2.33. The van der Waals surface area contributed by atoms with Gasteiger partial charge in [-0.1, -0.05) is 18.2 Å². The number of aryl methyl sites for hydroxylation is 1. The van der Waals surface area contributed by atoms with Crippen LogP contribution < -0.4 is 10.3 Å². The quantitative estimate of drug-likeness (QED) is 0.840. The normalized spacial score (nSPS) is 18.7. The number of sulfonamides is 1. The molecule has 1 fully saturated rings. The molecule has 1 aromatic heterocycles. The minimum Gasteiger partial charge on any atom is -0.489 e. The first-order valence-electron chi connectivity index (χ1n) is 7.77. The Morgan fingerprint density at radius 3 is 2.54 bits per heavy atom. The van der Waals surface area contributed by atoms with E-state index in [9.17, 15) is 13.2 Å². The van der Waals surface area contributed by atoms with Crippen LogP contribution in [0.4, 0.5) is 0 Å². The van der Waals surface area contributed by atoms with Gasteiger partial charge in [-0.25, -0.2) is 8.42 Å². The molecule has 3 rings (SSSR count). The molecule has 6 nitrogen and oxygen atoms in total. The lowest BCUT2D eigenvalue weighted by molar-refractivity contribution is 0.214. The van der Waals surface area contributed by atoms with Crippen LogP contribution >= 0.6 is 0 Å². The Morgan fingerprint density at radius 2 is 1.88 bits per heavy atom. The smallest absolute Gasteiger partial charge is 0.254 e. The SMILES string of the molecule is Cc1cc(OC2CCN(S(=O)(=O)c3ccccc3)C2)cc(=O)n1C. The molecule has 0 saturated carbocycles. The second-order valence-corrected chi connectivity index (χ2v) is 7.87. The lowest BCUT2D eigenvalue weighted by Crippen LogP contribution is -2.31. The van der Waals surface area contributed by atoms with Crippen molar-refractivity contribution in [3.63, 3.8) is 0 Å². The third kappa shape index (κ3) is 3.22. The minimum absolute atomic E-state index is 0.142. The van der Waals surface area contributed by atoms with E-state index in [0.29, 0.717) is 18.7 Å². The Balaban J connectivity index is 1.73. The standard InChI is InChI=1S/C17H20N2O4S/c1-13-10-15(11-17(20)18(13)2)23-14-8-9-19(12-14)24(21,22)16-6-4-3-5-7-16/h3-7,10-11,14H,8-9,12H2,1-2H3. The van der Waals surface area contributed by atoms with Gasteiger partial charge in [0.25, 0.3) is 5.56 Å². The monoisotopic (exact) mass is 348 g/mol. The number of nitrogens with zero attached hydrogens (tertiary/aromatic N) is 2. The molecule has 2 heterocycles. The first-order chi connectivity index (χ1) is 11.4. The molecule has 24 heavy (non-hydrogen) atoms. The number of rotatable bonds is 4. The molecule has 1 unspecified atom stereocenters. The molecule has 0 amide bonds. The van der Waals surface area contributed by atoms with Crippen molar-refractivity contribution in [3.8, 4) is 5.75 Å². The first-order valence-corrected chi connectivity index (χ1v) is 9.21. The Hall–Kier alpha value is -2.12. The lowest BCUT2D eigenvalue weighted by Gasteiger charge is -2.17. The van der Waals surface area contributed by atoms with Gasteiger partial charge >= 0.3 is 0 Å². The Kier molecular flexibility index (Phi) is 4.47. The molecule has 0 spiro atoms. The van der Waals surface area contributed by atoms with Crippen molar-refractivity contribution in [2.75, 3.05) is 13.1 Å². The van der Waals surface area contributed by atoms with Gasteiger partial charge < -0.3 is 9.30 Å². The van der Waals surface area contributed by atoms with Crippen LogP contribution in [0.25, 0.3) is 0 Å². The molecule has 128 valence electrons. The average Bonchev–Trinajstić information content (AvgIpc) is 3.02. The molecule has 1 aliphatic heterocycles. The maximum Gasteiger partial charge on any atom is 0.254 e. The summed E-state index contributed by atoms with van der Waals surface area (Å²) in [5, 5.41) is 0. The number of benzene rings is 1. The first kappa shape index (κ1) is 16.7. The van der Waals surface area contributed by atoms with E-state index in [4.69, 9.17) is 4.74 Å². The Labute approximate surface area is 141 Å². The Morgan fingerprint density at radius 1 is 1.17 bits per heavy atom. The molecule has 7 heteroatoms. The summed E-state index contributed by atoms with van der Waals surface area (Å²) in [5.41, 5.74) is 0.654. The molecule has 1 saturated heterocycles. The molecule has 0 N–H and O–H groups in total. The summed E-state index contributed by atoms with van der Waals surface area (Å²) in [5.74, 6) is 0.486. The second kappa shape index (κ2) is 6.41. The molecule has 0 bridgehead atoms. The molecule has 2 aromatic rings. The van der Waals surface area contributed by atoms with Crippen molar-refractivity contribution in [2.45, 2.75) is 24.3 Å². The van der Waals surface area contributed by atoms with Crippen molar-refractivity contribution < 1.29 is 13.2 Å². The lowest BCUT2D eigenvalue weighted by atomic mass is 10.3. The van der Waals surface area contributed by atoms with Crippen LogP contribution in [0.1, 0.15) is 12.1 Å². The van der Waals surface area contributed by atoms with Crippen LogP contribution in [0.2, 0.25) is 0 Å². The number of aromatic nitrogens is 1. The zero-order valence-corrected chi connectivity index (χ0v) is 14.5. The second-order valence-electron chi connectivity index (χ2n) is 5.93. The predicted molar refractivity (Wildman–Crippen MR) is 90.7 cm³/mol. The van der Waals surface area contributed by atoms with Crippen molar-refractivity contribution in [1.82, 2.24) is 8.87 Å². The molecule has 1 aromatic carbocycles. The number of hydrogen-bond acceptors (Lipinski definition) is 4. The van der Waals surface area contributed by atoms with Gasteiger partial charge in [-0.15, -0.1) is 0 Å². The van der Waals surface area contributed by atoms with Crippen LogP contribution in [0.5, 0.6) is 5.75 Å². The summed E-state index contributed by atoms with van der Waals surface area (Å²) < 4.78 is 34.0. The van der Waals surface area contributed by atoms with Gasteiger partial charge in [0.1, 0.15) is 11.9 Å². The fourth-order valence-corrected chi connectivity index (χ4v) is 4.26. The molecule has 0 radical (unpaired) electrons. The fourth-order valence-electron chi connectivity index (χ4n) is 2.75. The van der Waals surface area contributed by atoms with E-state index in [1.165, 1.54) is 14.9 Å².